The van der Waals surface area contributed by atoms with Gasteiger partial charge in [-0.15, -0.1) is 0 Å². The molecule has 7 heteroatoms. The normalized spacial score (nSPS) is 10.8. The van der Waals surface area contributed by atoms with E-state index >= 15 is 0 Å². The van der Waals surface area contributed by atoms with Crippen LogP contribution in [-0.4, -0.2) is 19.4 Å². The van der Waals surface area contributed by atoms with Crippen LogP contribution in [0.5, 0.6) is 5.75 Å². The monoisotopic (exact) mass is 322 g/mol. The molecular weight excluding hydrogens is 315 g/mol. The van der Waals surface area contributed by atoms with E-state index in [9.17, 15) is 4.39 Å². The molecule has 0 aliphatic rings. The summed E-state index contributed by atoms with van der Waals surface area (Å²) >= 11 is 3.34. The molecular formula is C12H8BrFN4O. The summed E-state index contributed by atoms with van der Waals surface area (Å²) in [5.41, 5.74) is 0.731. The number of hydrogen-bond acceptors (Lipinski definition) is 4. The number of fused-ring (bicyclic) bond motifs is 1. The first-order chi connectivity index (χ1) is 9.20. The molecule has 0 bridgehead atoms. The Bertz CT molecular complexity index is 713. The highest BCUT2D eigenvalue weighted by molar-refractivity contribution is 9.10. The van der Waals surface area contributed by atoms with E-state index in [-0.39, 0.29) is 6.61 Å². The van der Waals surface area contributed by atoms with Crippen LogP contribution in [0, 0.1) is 5.95 Å². The van der Waals surface area contributed by atoms with Gasteiger partial charge in [-0.25, -0.2) is 15.0 Å². The van der Waals surface area contributed by atoms with E-state index in [2.05, 4.69) is 30.9 Å². The van der Waals surface area contributed by atoms with Crippen molar-refractivity contribution in [3.63, 3.8) is 0 Å². The van der Waals surface area contributed by atoms with Gasteiger partial charge in [0, 0.05) is 18.6 Å². The summed E-state index contributed by atoms with van der Waals surface area (Å²) in [6.45, 7) is 0.272. The maximum absolute atomic E-state index is 12.6. The quantitative estimate of drug-likeness (QED) is 0.695. The molecule has 19 heavy (non-hydrogen) atoms. The summed E-state index contributed by atoms with van der Waals surface area (Å²) in [4.78, 5) is 12.0. The molecule has 3 rings (SSSR count). The van der Waals surface area contributed by atoms with Crippen LogP contribution in [0.3, 0.4) is 0 Å². The summed E-state index contributed by atoms with van der Waals surface area (Å²) in [5, 5.41) is 0. The molecule has 96 valence electrons. The molecule has 3 aromatic rings. The molecule has 3 aromatic heterocycles. The Morgan fingerprint density at radius 1 is 1.21 bits per heavy atom. The lowest BCUT2D eigenvalue weighted by molar-refractivity contribution is 0.300. The third-order valence-corrected chi connectivity index (χ3v) is 2.82. The van der Waals surface area contributed by atoms with Gasteiger partial charge in [-0.1, -0.05) is 0 Å². The van der Waals surface area contributed by atoms with Crippen molar-refractivity contribution in [3.8, 4) is 5.75 Å². The van der Waals surface area contributed by atoms with Crippen LogP contribution >= 0.6 is 15.9 Å². The Balaban J connectivity index is 1.76. The lowest BCUT2D eigenvalue weighted by Gasteiger charge is -2.02. The summed E-state index contributed by atoms with van der Waals surface area (Å²) in [6, 6.07) is 2.77. The fraction of sp³-hybridized carbons (Fsp3) is 0.0833. The average Bonchev–Trinajstić information content (AvgIpc) is 2.80. The van der Waals surface area contributed by atoms with Gasteiger partial charge in [0.25, 0.3) is 0 Å². The first-order valence-electron chi connectivity index (χ1n) is 5.44. The Morgan fingerprint density at radius 3 is 2.89 bits per heavy atom. The third kappa shape index (κ3) is 2.70. The Hall–Kier alpha value is -2.02. The zero-order chi connectivity index (χ0) is 13.2. The van der Waals surface area contributed by atoms with Gasteiger partial charge in [0.05, 0.1) is 16.4 Å². The number of ether oxygens (including phenoxy) is 1. The maximum atomic E-state index is 12.6. The van der Waals surface area contributed by atoms with Crippen LogP contribution in [0.25, 0.3) is 5.78 Å². The Kier molecular flexibility index (Phi) is 3.12. The lowest BCUT2D eigenvalue weighted by Crippen LogP contribution is -1.96. The number of imidazole rings is 1. The number of aromatic nitrogens is 4. The van der Waals surface area contributed by atoms with E-state index in [0.717, 1.165) is 10.2 Å². The lowest BCUT2D eigenvalue weighted by atomic mass is 10.4. The van der Waals surface area contributed by atoms with Crippen molar-refractivity contribution in [3.05, 3.63) is 53.0 Å². The van der Waals surface area contributed by atoms with E-state index in [1.54, 1.807) is 10.6 Å². The van der Waals surface area contributed by atoms with Crippen molar-refractivity contribution in [2.75, 3.05) is 0 Å². The van der Waals surface area contributed by atoms with Gasteiger partial charge >= 0.3 is 0 Å². The van der Waals surface area contributed by atoms with Crippen LogP contribution in [0.1, 0.15) is 5.69 Å². The molecule has 0 spiro atoms. The third-order valence-electron chi connectivity index (χ3n) is 2.42. The molecule has 0 aliphatic carbocycles. The molecule has 0 saturated carbocycles. The molecule has 3 heterocycles. The van der Waals surface area contributed by atoms with Gasteiger partial charge in [-0.05, 0) is 28.1 Å². The average molecular weight is 323 g/mol. The summed E-state index contributed by atoms with van der Waals surface area (Å²) in [6.07, 6.45) is 6.69. The smallest absolute Gasteiger partial charge is 0.234 e. The Morgan fingerprint density at radius 2 is 2.11 bits per heavy atom. The summed E-state index contributed by atoms with van der Waals surface area (Å²) in [7, 11) is 0. The van der Waals surface area contributed by atoms with E-state index in [1.807, 2.05) is 12.4 Å². The predicted octanol–water partition coefficient (Wildman–Crippen LogP) is 2.60. The van der Waals surface area contributed by atoms with Crippen molar-refractivity contribution < 1.29 is 9.13 Å². The second kappa shape index (κ2) is 4.93. The molecule has 5 nitrogen and oxygen atoms in total. The van der Waals surface area contributed by atoms with Gasteiger partial charge in [0.2, 0.25) is 11.7 Å². The molecule has 0 amide bonds. The SMILES string of the molecule is Fc1ccc(OCc2cn3cc(Br)cnc3n2)cn1. The molecule has 0 saturated heterocycles. The van der Waals surface area contributed by atoms with Gasteiger partial charge in [-0.2, -0.15) is 4.39 Å². The minimum absolute atomic E-state index is 0.272. The van der Waals surface area contributed by atoms with Gasteiger partial charge in [0.1, 0.15) is 12.4 Å². The fourth-order valence-corrected chi connectivity index (χ4v) is 1.91. The van der Waals surface area contributed by atoms with Crippen molar-refractivity contribution >= 4 is 21.7 Å². The number of pyridine rings is 1. The molecule has 0 N–H and O–H groups in total. The highest BCUT2D eigenvalue weighted by atomic mass is 79.9. The van der Waals surface area contributed by atoms with Crippen LogP contribution < -0.4 is 4.74 Å². The maximum Gasteiger partial charge on any atom is 0.234 e. The van der Waals surface area contributed by atoms with Crippen LogP contribution in [0.15, 0.2) is 41.4 Å². The molecule has 0 fully saturated rings. The standard InChI is InChI=1S/C12H8BrFN4O/c13-8-3-16-12-17-9(6-18(12)5-8)7-19-10-1-2-11(14)15-4-10/h1-6H,7H2. The van der Waals surface area contributed by atoms with E-state index in [1.165, 1.54) is 18.3 Å². The second-order valence-corrected chi connectivity index (χ2v) is 4.73. The fourth-order valence-electron chi connectivity index (χ4n) is 1.58. The van der Waals surface area contributed by atoms with Gasteiger partial charge in [0.15, 0.2) is 0 Å². The van der Waals surface area contributed by atoms with Crippen molar-refractivity contribution in [1.82, 2.24) is 19.4 Å². The molecule has 0 unspecified atom stereocenters. The number of hydrogen-bond donors (Lipinski definition) is 0. The summed E-state index contributed by atoms with van der Waals surface area (Å²) < 4.78 is 20.8. The second-order valence-electron chi connectivity index (χ2n) is 3.82. The van der Waals surface area contributed by atoms with Crippen LogP contribution in [0.4, 0.5) is 4.39 Å². The first-order valence-corrected chi connectivity index (χ1v) is 6.23. The van der Waals surface area contributed by atoms with Crippen molar-refractivity contribution in [2.45, 2.75) is 6.61 Å². The van der Waals surface area contributed by atoms with E-state index in [4.69, 9.17) is 4.74 Å². The van der Waals surface area contributed by atoms with Crippen molar-refractivity contribution in [2.24, 2.45) is 0 Å². The molecule has 0 radical (unpaired) electrons. The molecule has 0 aromatic carbocycles. The highest BCUT2D eigenvalue weighted by Crippen LogP contribution is 2.13. The number of halogens is 2. The minimum atomic E-state index is -0.533. The van der Waals surface area contributed by atoms with Crippen LogP contribution in [-0.2, 0) is 6.61 Å². The first kappa shape index (κ1) is 12.0. The topological polar surface area (TPSA) is 52.3 Å². The van der Waals surface area contributed by atoms with Crippen molar-refractivity contribution in [1.29, 1.82) is 0 Å². The number of nitrogens with zero attached hydrogens (tertiary/aromatic N) is 4. The highest BCUT2D eigenvalue weighted by Gasteiger charge is 2.04. The predicted molar refractivity (Wildman–Crippen MR) is 69.2 cm³/mol. The number of rotatable bonds is 3. The Labute approximate surface area is 116 Å². The van der Waals surface area contributed by atoms with Gasteiger partial charge < -0.3 is 4.74 Å². The van der Waals surface area contributed by atoms with Crippen LogP contribution in [0.2, 0.25) is 0 Å². The van der Waals surface area contributed by atoms with Gasteiger partial charge in [-0.3, -0.25) is 4.40 Å². The van der Waals surface area contributed by atoms with E-state index < -0.39 is 5.95 Å². The molecule has 0 aliphatic heterocycles. The molecule has 0 atom stereocenters. The summed E-state index contributed by atoms with van der Waals surface area (Å²) in [5.74, 6) is 0.556. The zero-order valence-electron chi connectivity index (χ0n) is 9.62. The zero-order valence-corrected chi connectivity index (χ0v) is 11.2. The van der Waals surface area contributed by atoms with E-state index in [0.29, 0.717) is 11.5 Å². The largest absolute Gasteiger partial charge is 0.486 e. The minimum Gasteiger partial charge on any atom is -0.486 e.